The van der Waals surface area contributed by atoms with E-state index in [0.29, 0.717) is 26.1 Å². The Morgan fingerprint density at radius 2 is 2.41 bits per heavy atom. The van der Waals surface area contributed by atoms with E-state index in [0.717, 1.165) is 12.1 Å². The van der Waals surface area contributed by atoms with Crippen LogP contribution in [0.4, 0.5) is 0 Å². The van der Waals surface area contributed by atoms with E-state index >= 15 is 0 Å². The van der Waals surface area contributed by atoms with E-state index in [1.807, 2.05) is 12.1 Å². The SMILES string of the molecule is N#CCCN(CCN=[N+]=[N-])Cc1cccnc1. The number of azide groups is 1. The second-order valence-electron chi connectivity index (χ2n) is 3.50. The standard InChI is InChI=1S/C11H14N6/c12-4-2-7-17(8-6-15-16-13)10-11-3-1-5-14-9-11/h1,3,5,9H,2,6-8,10H2. The summed E-state index contributed by atoms with van der Waals surface area (Å²) in [5.74, 6) is 0. The fraction of sp³-hybridized carbons (Fsp3) is 0.455. The third kappa shape index (κ3) is 5.52. The molecule has 0 unspecified atom stereocenters. The van der Waals surface area contributed by atoms with Gasteiger partial charge in [0.05, 0.1) is 6.07 Å². The molecule has 6 heteroatoms. The van der Waals surface area contributed by atoms with E-state index in [2.05, 4.69) is 26.0 Å². The largest absolute Gasteiger partial charge is 0.298 e. The lowest BCUT2D eigenvalue weighted by atomic mass is 10.2. The molecule has 0 saturated carbocycles. The van der Waals surface area contributed by atoms with Crippen molar-refractivity contribution in [3.63, 3.8) is 0 Å². The first kappa shape index (κ1) is 13.0. The molecule has 0 radical (unpaired) electrons. The Hall–Kier alpha value is -2.09. The topological polar surface area (TPSA) is 88.7 Å². The van der Waals surface area contributed by atoms with E-state index < -0.39 is 0 Å². The highest BCUT2D eigenvalue weighted by atomic mass is 15.2. The Bertz CT molecular complexity index is 404. The average Bonchev–Trinajstić information content (AvgIpc) is 2.37. The van der Waals surface area contributed by atoms with E-state index in [1.54, 1.807) is 12.4 Å². The van der Waals surface area contributed by atoms with Gasteiger partial charge < -0.3 is 0 Å². The summed E-state index contributed by atoms with van der Waals surface area (Å²) in [7, 11) is 0. The number of rotatable bonds is 7. The molecule has 1 aromatic heterocycles. The molecule has 0 fully saturated rings. The average molecular weight is 230 g/mol. The van der Waals surface area contributed by atoms with Crippen molar-refractivity contribution in [2.75, 3.05) is 19.6 Å². The van der Waals surface area contributed by atoms with Gasteiger partial charge in [0.2, 0.25) is 0 Å². The maximum atomic E-state index is 8.58. The van der Waals surface area contributed by atoms with Crippen molar-refractivity contribution in [1.29, 1.82) is 5.26 Å². The van der Waals surface area contributed by atoms with Crippen LogP contribution in [0, 0.1) is 11.3 Å². The van der Waals surface area contributed by atoms with Gasteiger partial charge in [-0.2, -0.15) is 5.26 Å². The predicted molar refractivity (Wildman–Crippen MR) is 63.8 cm³/mol. The van der Waals surface area contributed by atoms with E-state index in [4.69, 9.17) is 10.8 Å². The Morgan fingerprint density at radius 1 is 1.53 bits per heavy atom. The molecule has 0 aliphatic rings. The van der Waals surface area contributed by atoms with E-state index in [9.17, 15) is 0 Å². The molecule has 0 spiro atoms. The van der Waals surface area contributed by atoms with Crippen LogP contribution in [0.5, 0.6) is 0 Å². The van der Waals surface area contributed by atoms with Gasteiger partial charge >= 0.3 is 0 Å². The molecule has 0 aliphatic carbocycles. The van der Waals surface area contributed by atoms with E-state index in [1.165, 1.54) is 0 Å². The normalized spacial score (nSPS) is 9.65. The molecule has 17 heavy (non-hydrogen) atoms. The van der Waals surface area contributed by atoms with Gasteiger partial charge in [-0.05, 0) is 17.2 Å². The Balaban J connectivity index is 2.50. The summed E-state index contributed by atoms with van der Waals surface area (Å²) < 4.78 is 0. The van der Waals surface area contributed by atoms with Crippen LogP contribution in [-0.2, 0) is 6.54 Å². The molecule has 0 bridgehead atoms. The molecule has 0 aliphatic heterocycles. The van der Waals surface area contributed by atoms with Crippen LogP contribution >= 0.6 is 0 Å². The number of aromatic nitrogens is 1. The maximum absolute atomic E-state index is 8.58. The van der Waals surface area contributed by atoms with Crippen LogP contribution in [0.2, 0.25) is 0 Å². The molecule has 0 aromatic carbocycles. The number of hydrogen-bond donors (Lipinski definition) is 0. The number of nitrogens with zero attached hydrogens (tertiary/aromatic N) is 6. The van der Waals surface area contributed by atoms with Crippen LogP contribution < -0.4 is 0 Å². The minimum atomic E-state index is 0.419. The minimum absolute atomic E-state index is 0.419. The second kappa shape index (κ2) is 8.11. The number of pyridine rings is 1. The first-order valence-electron chi connectivity index (χ1n) is 5.36. The van der Waals surface area contributed by atoms with Crippen molar-refractivity contribution in [2.45, 2.75) is 13.0 Å². The minimum Gasteiger partial charge on any atom is -0.298 e. The zero-order chi connectivity index (χ0) is 12.3. The van der Waals surface area contributed by atoms with Crippen LogP contribution in [-0.4, -0.2) is 29.5 Å². The second-order valence-corrected chi connectivity index (χ2v) is 3.50. The summed E-state index contributed by atoms with van der Waals surface area (Å²) >= 11 is 0. The monoisotopic (exact) mass is 230 g/mol. The predicted octanol–water partition coefficient (Wildman–Crippen LogP) is 2.11. The van der Waals surface area contributed by atoms with Crippen LogP contribution in [0.25, 0.3) is 10.4 Å². The van der Waals surface area contributed by atoms with Crippen molar-refractivity contribution in [3.05, 3.63) is 40.5 Å². The molecular formula is C11H14N6. The maximum Gasteiger partial charge on any atom is 0.0635 e. The van der Waals surface area contributed by atoms with Crippen molar-refractivity contribution in [1.82, 2.24) is 9.88 Å². The summed E-state index contributed by atoms with van der Waals surface area (Å²) in [5.41, 5.74) is 9.31. The van der Waals surface area contributed by atoms with Gasteiger partial charge in [0.1, 0.15) is 0 Å². The Kier molecular flexibility index (Phi) is 6.19. The Labute approximate surface area is 100 Å². The molecule has 1 aromatic rings. The highest BCUT2D eigenvalue weighted by Crippen LogP contribution is 2.03. The third-order valence-electron chi connectivity index (χ3n) is 2.25. The van der Waals surface area contributed by atoms with Crippen LogP contribution in [0.15, 0.2) is 29.6 Å². The summed E-state index contributed by atoms with van der Waals surface area (Å²) in [4.78, 5) is 8.84. The fourth-order valence-corrected chi connectivity index (χ4v) is 1.46. The summed E-state index contributed by atoms with van der Waals surface area (Å²) in [6, 6.07) is 5.98. The smallest absolute Gasteiger partial charge is 0.0635 e. The fourth-order valence-electron chi connectivity index (χ4n) is 1.46. The lowest BCUT2D eigenvalue weighted by Crippen LogP contribution is -2.27. The zero-order valence-electron chi connectivity index (χ0n) is 9.53. The molecule has 1 rings (SSSR count). The molecule has 6 nitrogen and oxygen atoms in total. The summed E-state index contributed by atoms with van der Waals surface area (Å²) in [6.07, 6.45) is 3.99. The van der Waals surface area contributed by atoms with Gasteiger partial charge in [-0.1, -0.05) is 11.2 Å². The van der Waals surface area contributed by atoms with Gasteiger partial charge in [0, 0.05) is 49.9 Å². The van der Waals surface area contributed by atoms with Crippen LogP contribution in [0.3, 0.4) is 0 Å². The number of nitriles is 1. The van der Waals surface area contributed by atoms with Crippen molar-refractivity contribution in [3.8, 4) is 6.07 Å². The highest BCUT2D eigenvalue weighted by Gasteiger charge is 2.04. The van der Waals surface area contributed by atoms with Crippen molar-refractivity contribution < 1.29 is 0 Å². The van der Waals surface area contributed by atoms with Gasteiger partial charge in [-0.25, -0.2) is 0 Å². The molecule has 1 heterocycles. The third-order valence-corrected chi connectivity index (χ3v) is 2.25. The summed E-state index contributed by atoms with van der Waals surface area (Å²) in [6.45, 7) is 2.46. The molecule has 0 N–H and O–H groups in total. The quantitative estimate of drug-likeness (QED) is 0.408. The Morgan fingerprint density at radius 3 is 3.06 bits per heavy atom. The van der Waals surface area contributed by atoms with Gasteiger partial charge in [-0.15, -0.1) is 0 Å². The molecule has 88 valence electrons. The molecular weight excluding hydrogens is 216 g/mol. The first-order chi connectivity index (χ1) is 8.36. The highest BCUT2D eigenvalue weighted by molar-refractivity contribution is 5.08. The van der Waals surface area contributed by atoms with Gasteiger partial charge in [0.15, 0.2) is 0 Å². The lowest BCUT2D eigenvalue weighted by molar-refractivity contribution is 0.279. The molecule has 0 saturated heterocycles. The van der Waals surface area contributed by atoms with E-state index in [-0.39, 0.29) is 0 Å². The molecule has 0 atom stereocenters. The van der Waals surface area contributed by atoms with Gasteiger partial charge in [0.25, 0.3) is 0 Å². The zero-order valence-corrected chi connectivity index (χ0v) is 9.53. The molecule has 0 amide bonds. The van der Waals surface area contributed by atoms with Crippen molar-refractivity contribution >= 4 is 0 Å². The van der Waals surface area contributed by atoms with Crippen LogP contribution in [0.1, 0.15) is 12.0 Å². The van der Waals surface area contributed by atoms with Crippen molar-refractivity contribution in [2.24, 2.45) is 5.11 Å². The lowest BCUT2D eigenvalue weighted by Gasteiger charge is -2.19. The first-order valence-corrected chi connectivity index (χ1v) is 5.36. The number of hydrogen-bond acceptors (Lipinski definition) is 4. The van der Waals surface area contributed by atoms with Gasteiger partial charge in [-0.3, -0.25) is 9.88 Å². The summed E-state index contributed by atoms with van der Waals surface area (Å²) in [5, 5.41) is 12.1.